The summed E-state index contributed by atoms with van der Waals surface area (Å²) in [4.78, 5) is 14.2. The molecule has 8 nitrogen and oxygen atoms in total. The quantitative estimate of drug-likeness (QED) is 0.743. The molecular formula is C13H20N4O4S. The number of amides is 1. The van der Waals surface area contributed by atoms with Crippen molar-refractivity contribution in [1.82, 2.24) is 19.0 Å². The lowest BCUT2D eigenvalue weighted by molar-refractivity contribution is -0.136. The van der Waals surface area contributed by atoms with Crippen molar-refractivity contribution in [1.29, 1.82) is 0 Å². The SMILES string of the molecule is CS(=O)(=O)N1Cc2ccnn2[C@@H](CC(=O)N2CCOCC2)C1. The number of rotatable bonds is 3. The maximum Gasteiger partial charge on any atom is 0.224 e. The van der Waals surface area contributed by atoms with Crippen molar-refractivity contribution in [2.75, 3.05) is 39.1 Å². The van der Waals surface area contributed by atoms with Crippen LogP contribution in [0.5, 0.6) is 0 Å². The minimum atomic E-state index is -3.29. The van der Waals surface area contributed by atoms with Gasteiger partial charge < -0.3 is 9.64 Å². The van der Waals surface area contributed by atoms with E-state index in [1.807, 2.05) is 0 Å². The van der Waals surface area contributed by atoms with Crippen LogP contribution in [-0.4, -0.2) is 72.4 Å². The van der Waals surface area contributed by atoms with Crippen molar-refractivity contribution >= 4 is 15.9 Å². The van der Waals surface area contributed by atoms with E-state index in [2.05, 4.69) is 5.10 Å². The molecule has 0 radical (unpaired) electrons. The molecule has 0 aromatic carbocycles. The van der Waals surface area contributed by atoms with Crippen LogP contribution in [0.1, 0.15) is 18.2 Å². The first-order chi connectivity index (χ1) is 10.4. The van der Waals surface area contributed by atoms with Crippen LogP contribution in [0.4, 0.5) is 0 Å². The first-order valence-electron chi connectivity index (χ1n) is 7.28. The second kappa shape index (κ2) is 5.98. The van der Waals surface area contributed by atoms with E-state index in [9.17, 15) is 13.2 Å². The second-order valence-corrected chi connectivity index (χ2v) is 7.66. The molecule has 0 aliphatic carbocycles. The minimum absolute atomic E-state index is 0.0186. The Morgan fingerprint density at radius 3 is 2.82 bits per heavy atom. The monoisotopic (exact) mass is 328 g/mol. The molecule has 1 aromatic rings. The van der Waals surface area contributed by atoms with Gasteiger partial charge in [0.2, 0.25) is 15.9 Å². The number of hydrogen-bond donors (Lipinski definition) is 0. The summed E-state index contributed by atoms with van der Waals surface area (Å²) in [5, 5.41) is 4.25. The zero-order chi connectivity index (χ0) is 15.7. The molecule has 3 rings (SSSR count). The van der Waals surface area contributed by atoms with Crippen LogP contribution >= 0.6 is 0 Å². The Balaban J connectivity index is 1.76. The highest BCUT2D eigenvalue weighted by Crippen LogP contribution is 2.25. The second-order valence-electron chi connectivity index (χ2n) is 5.67. The Morgan fingerprint density at radius 1 is 1.41 bits per heavy atom. The fraction of sp³-hybridized carbons (Fsp3) is 0.692. The molecule has 2 aliphatic heterocycles. The van der Waals surface area contributed by atoms with Gasteiger partial charge in [-0.1, -0.05) is 0 Å². The molecule has 0 spiro atoms. The molecule has 1 amide bonds. The fourth-order valence-corrected chi connectivity index (χ4v) is 3.71. The maximum absolute atomic E-state index is 12.4. The number of fused-ring (bicyclic) bond motifs is 1. The largest absolute Gasteiger partial charge is 0.378 e. The van der Waals surface area contributed by atoms with E-state index in [4.69, 9.17) is 4.74 Å². The van der Waals surface area contributed by atoms with Crippen molar-refractivity contribution in [2.45, 2.75) is 19.0 Å². The summed E-state index contributed by atoms with van der Waals surface area (Å²) in [7, 11) is -3.29. The van der Waals surface area contributed by atoms with Crippen molar-refractivity contribution in [3.05, 3.63) is 18.0 Å². The van der Waals surface area contributed by atoms with Crippen LogP contribution in [0.2, 0.25) is 0 Å². The van der Waals surface area contributed by atoms with Gasteiger partial charge in [0.05, 0.1) is 44.2 Å². The molecule has 0 N–H and O–H groups in total. The molecule has 9 heteroatoms. The zero-order valence-electron chi connectivity index (χ0n) is 12.5. The Hall–Kier alpha value is -1.45. The minimum Gasteiger partial charge on any atom is -0.378 e. The van der Waals surface area contributed by atoms with E-state index in [1.54, 1.807) is 21.8 Å². The van der Waals surface area contributed by atoms with Crippen molar-refractivity contribution < 1.29 is 17.9 Å². The van der Waals surface area contributed by atoms with Crippen LogP contribution in [0.15, 0.2) is 12.3 Å². The van der Waals surface area contributed by atoms with Gasteiger partial charge in [0.15, 0.2) is 0 Å². The maximum atomic E-state index is 12.4. The lowest BCUT2D eigenvalue weighted by atomic mass is 10.1. The highest BCUT2D eigenvalue weighted by molar-refractivity contribution is 7.88. The Kier molecular flexibility index (Phi) is 4.20. The lowest BCUT2D eigenvalue weighted by Crippen LogP contribution is -2.45. The number of carbonyl (C=O) groups is 1. The molecule has 122 valence electrons. The normalized spacial score (nSPS) is 23.3. The van der Waals surface area contributed by atoms with Gasteiger partial charge in [-0.05, 0) is 6.07 Å². The number of aromatic nitrogens is 2. The van der Waals surface area contributed by atoms with Gasteiger partial charge in [0.1, 0.15) is 0 Å². The molecule has 0 bridgehead atoms. The number of sulfonamides is 1. The van der Waals surface area contributed by atoms with Crippen molar-refractivity contribution in [2.24, 2.45) is 0 Å². The van der Waals surface area contributed by atoms with Gasteiger partial charge in [-0.25, -0.2) is 8.42 Å². The number of ether oxygens (including phenoxy) is 1. The first-order valence-corrected chi connectivity index (χ1v) is 9.13. The van der Waals surface area contributed by atoms with Gasteiger partial charge in [-0.15, -0.1) is 0 Å². The van der Waals surface area contributed by atoms with Crippen LogP contribution in [-0.2, 0) is 26.1 Å². The topological polar surface area (TPSA) is 84.7 Å². The van der Waals surface area contributed by atoms with Crippen LogP contribution in [0.3, 0.4) is 0 Å². The van der Waals surface area contributed by atoms with Crippen LogP contribution in [0.25, 0.3) is 0 Å². The van der Waals surface area contributed by atoms with Gasteiger partial charge in [0.25, 0.3) is 0 Å². The highest BCUT2D eigenvalue weighted by Gasteiger charge is 2.32. The fourth-order valence-electron chi connectivity index (χ4n) is 2.90. The highest BCUT2D eigenvalue weighted by atomic mass is 32.2. The Morgan fingerprint density at radius 2 is 2.14 bits per heavy atom. The average molecular weight is 328 g/mol. The smallest absolute Gasteiger partial charge is 0.224 e. The Bertz CT molecular complexity index is 651. The standard InChI is InChI=1S/C13H20N4O4S/c1-22(19,20)16-9-11-2-3-14-17(11)12(10-16)8-13(18)15-4-6-21-7-5-15/h2-3,12H,4-10H2,1H3/t12-/m0/s1. The molecule has 3 heterocycles. The molecule has 1 atom stereocenters. The summed E-state index contributed by atoms with van der Waals surface area (Å²) >= 11 is 0. The predicted molar refractivity (Wildman–Crippen MR) is 78.5 cm³/mol. The number of morpholine rings is 1. The summed E-state index contributed by atoms with van der Waals surface area (Å²) < 4.78 is 32.1. The van der Waals surface area contributed by atoms with E-state index in [0.29, 0.717) is 32.8 Å². The third-order valence-electron chi connectivity index (χ3n) is 4.09. The van der Waals surface area contributed by atoms with Gasteiger partial charge in [0, 0.05) is 25.8 Å². The number of hydrogen-bond acceptors (Lipinski definition) is 5. The van der Waals surface area contributed by atoms with Crippen LogP contribution < -0.4 is 0 Å². The van der Waals surface area contributed by atoms with E-state index in [-0.39, 0.29) is 24.9 Å². The van der Waals surface area contributed by atoms with Crippen molar-refractivity contribution in [3.63, 3.8) is 0 Å². The molecule has 1 aromatic heterocycles. The molecule has 1 fully saturated rings. The molecule has 0 unspecified atom stereocenters. The summed E-state index contributed by atoms with van der Waals surface area (Å²) in [6.45, 7) is 2.88. The van der Waals surface area contributed by atoms with E-state index in [1.165, 1.54) is 10.6 Å². The first kappa shape index (κ1) is 15.4. The molecule has 1 saturated heterocycles. The summed E-state index contributed by atoms with van der Waals surface area (Å²) in [6.07, 6.45) is 3.09. The van der Waals surface area contributed by atoms with E-state index < -0.39 is 10.0 Å². The summed E-state index contributed by atoms with van der Waals surface area (Å²) in [5.74, 6) is 0.0186. The molecule has 22 heavy (non-hydrogen) atoms. The van der Waals surface area contributed by atoms with Gasteiger partial charge >= 0.3 is 0 Å². The number of nitrogens with zero attached hydrogens (tertiary/aromatic N) is 4. The van der Waals surface area contributed by atoms with Gasteiger partial charge in [-0.3, -0.25) is 9.48 Å². The van der Waals surface area contributed by atoms with E-state index in [0.717, 1.165) is 5.69 Å². The third kappa shape index (κ3) is 3.16. The molecular weight excluding hydrogens is 308 g/mol. The summed E-state index contributed by atoms with van der Waals surface area (Å²) in [6, 6.07) is 1.53. The zero-order valence-corrected chi connectivity index (χ0v) is 13.3. The molecule has 0 saturated carbocycles. The summed E-state index contributed by atoms with van der Waals surface area (Å²) in [5.41, 5.74) is 0.816. The van der Waals surface area contributed by atoms with Crippen LogP contribution in [0, 0.1) is 0 Å². The third-order valence-corrected chi connectivity index (χ3v) is 5.31. The Labute approximate surface area is 129 Å². The van der Waals surface area contributed by atoms with E-state index >= 15 is 0 Å². The number of carbonyl (C=O) groups excluding carboxylic acids is 1. The average Bonchev–Trinajstić information content (AvgIpc) is 2.96. The molecule has 2 aliphatic rings. The predicted octanol–water partition coefficient (Wildman–Crippen LogP) is -0.552. The lowest BCUT2D eigenvalue weighted by Gasteiger charge is -2.34. The van der Waals surface area contributed by atoms with Gasteiger partial charge in [-0.2, -0.15) is 9.40 Å². The van der Waals surface area contributed by atoms with Crippen molar-refractivity contribution in [3.8, 4) is 0 Å².